The topological polar surface area (TPSA) is 41.8 Å². The Morgan fingerprint density at radius 3 is 2.43 bits per heavy atom. The predicted octanol–water partition coefficient (Wildman–Crippen LogP) is -1.14. The highest BCUT2D eigenvalue weighted by molar-refractivity contribution is 7.89. The van der Waals surface area contributed by atoms with Crippen LogP contribution in [0.5, 0.6) is 0 Å². The molecular weight excluding hydrogens is 200 g/mol. The van der Waals surface area contributed by atoms with Gasteiger partial charge in [0, 0.05) is 25.4 Å². The summed E-state index contributed by atoms with van der Waals surface area (Å²) in [5.41, 5.74) is 0. The molecule has 0 radical (unpaired) electrons. The highest BCUT2D eigenvalue weighted by atomic mass is 32.2. The molecule has 2 aliphatic heterocycles. The van der Waals surface area contributed by atoms with E-state index in [2.05, 4.69) is 7.05 Å². The largest absolute Gasteiger partial charge is 0.468 e. The van der Waals surface area contributed by atoms with E-state index in [1.54, 1.807) is 4.31 Å². The average molecular weight is 218 g/mol. The summed E-state index contributed by atoms with van der Waals surface area (Å²) in [6.07, 6.45) is 2.75. The van der Waals surface area contributed by atoms with Crippen LogP contribution in [-0.4, -0.2) is 44.2 Å². The van der Waals surface area contributed by atoms with Crippen molar-refractivity contribution in [3.8, 4) is 0 Å². The van der Waals surface area contributed by atoms with Crippen LogP contribution in [0.15, 0.2) is 0 Å². The van der Waals surface area contributed by atoms with E-state index in [1.807, 2.05) is 0 Å². The van der Waals surface area contributed by atoms with Crippen LogP contribution in [0.4, 0.5) is 0 Å². The molecular formula is C9H18N2O2S. The predicted molar refractivity (Wildman–Crippen MR) is 54.2 cm³/mol. The zero-order chi connectivity index (χ0) is 10.2. The summed E-state index contributed by atoms with van der Waals surface area (Å²) < 4.78 is 25.0. The van der Waals surface area contributed by atoms with Crippen LogP contribution in [0.3, 0.4) is 0 Å². The van der Waals surface area contributed by atoms with Gasteiger partial charge in [-0.3, -0.25) is 0 Å². The smallest absolute Gasteiger partial charge is 0.214 e. The summed E-state index contributed by atoms with van der Waals surface area (Å²) in [6, 6.07) is 0.257. The summed E-state index contributed by atoms with van der Waals surface area (Å²) in [5.74, 6) is 0.352. The summed E-state index contributed by atoms with van der Waals surface area (Å²) >= 11 is 0. The summed E-state index contributed by atoms with van der Waals surface area (Å²) in [4.78, 5) is 1.28. The van der Waals surface area contributed by atoms with Gasteiger partial charge in [0.2, 0.25) is 10.0 Å². The van der Waals surface area contributed by atoms with E-state index in [-0.39, 0.29) is 6.04 Å². The molecule has 0 spiro atoms. The molecule has 0 unspecified atom stereocenters. The van der Waals surface area contributed by atoms with Gasteiger partial charge in [-0.05, 0) is 6.42 Å². The third kappa shape index (κ3) is 1.94. The minimum absolute atomic E-state index is 0.257. The second kappa shape index (κ2) is 3.79. The number of quaternary nitrogens is 1. The third-order valence-corrected chi connectivity index (χ3v) is 5.21. The van der Waals surface area contributed by atoms with Crippen molar-refractivity contribution < 1.29 is 13.3 Å². The minimum atomic E-state index is -2.90. The van der Waals surface area contributed by atoms with Gasteiger partial charge in [0.25, 0.3) is 0 Å². The van der Waals surface area contributed by atoms with E-state index in [0.29, 0.717) is 5.75 Å². The fraction of sp³-hybridized carbons (Fsp3) is 0.889. The van der Waals surface area contributed by atoms with Crippen LogP contribution in [0.1, 0.15) is 19.3 Å². The SMILES string of the molecule is [CH2-][NH+]1CCC(N2CCCS2(=O)=O)CC1. The highest BCUT2D eigenvalue weighted by Crippen LogP contribution is 2.21. The average Bonchev–Trinajstić information content (AvgIpc) is 2.47. The lowest BCUT2D eigenvalue weighted by Crippen LogP contribution is -3.08. The molecule has 0 aromatic heterocycles. The summed E-state index contributed by atoms with van der Waals surface area (Å²) in [6.45, 7) is 2.73. The van der Waals surface area contributed by atoms with Gasteiger partial charge in [-0.1, -0.05) is 0 Å². The number of nitrogens with one attached hydrogen (secondary N) is 1. The van der Waals surface area contributed by atoms with E-state index >= 15 is 0 Å². The molecule has 2 saturated heterocycles. The first-order valence-electron chi connectivity index (χ1n) is 5.26. The number of rotatable bonds is 1. The van der Waals surface area contributed by atoms with Crippen molar-refractivity contribution in [2.75, 3.05) is 25.4 Å². The molecule has 0 aromatic carbocycles. The zero-order valence-electron chi connectivity index (χ0n) is 8.41. The van der Waals surface area contributed by atoms with Crippen LogP contribution in [-0.2, 0) is 10.0 Å². The number of hydrogen-bond acceptors (Lipinski definition) is 2. The maximum absolute atomic E-state index is 11.6. The molecule has 4 nitrogen and oxygen atoms in total. The van der Waals surface area contributed by atoms with Gasteiger partial charge in [-0.25, -0.2) is 8.42 Å². The Balaban J connectivity index is 2.02. The molecule has 82 valence electrons. The van der Waals surface area contributed by atoms with Crippen LogP contribution in [0.25, 0.3) is 0 Å². The van der Waals surface area contributed by atoms with Gasteiger partial charge in [0.05, 0.1) is 18.8 Å². The van der Waals surface area contributed by atoms with Gasteiger partial charge in [-0.15, -0.1) is 0 Å². The first kappa shape index (κ1) is 10.4. The molecule has 0 saturated carbocycles. The van der Waals surface area contributed by atoms with Crippen molar-refractivity contribution >= 4 is 10.0 Å². The first-order valence-corrected chi connectivity index (χ1v) is 6.87. The number of sulfonamides is 1. The molecule has 0 atom stereocenters. The Labute approximate surface area is 85.9 Å². The maximum atomic E-state index is 11.6. The molecule has 2 fully saturated rings. The fourth-order valence-corrected chi connectivity index (χ4v) is 4.17. The maximum Gasteiger partial charge on any atom is 0.214 e. The molecule has 0 amide bonds. The molecule has 1 N–H and O–H groups in total. The van der Waals surface area contributed by atoms with E-state index in [1.165, 1.54) is 4.90 Å². The monoisotopic (exact) mass is 218 g/mol. The lowest BCUT2D eigenvalue weighted by atomic mass is 10.1. The first-order chi connectivity index (χ1) is 6.59. The van der Waals surface area contributed by atoms with Crippen molar-refractivity contribution in [2.24, 2.45) is 0 Å². The summed E-state index contributed by atoms with van der Waals surface area (Å²) in [5, 5.41) is 0. The number of likely N-dealkylation sites (tertiary alicyclic amines) is 1. The summed E-state index contributed by atoms with van der Waals surface area (Å²) in [7, 11) is 1.04. The van der Waals surface area contributed by atoms with E-state index in [9.17, 15) is 8.42 Å². The van der Waals surface area contributed by atoms with Crippen molar-refractivity contribution in [3.63, 3.8) is 0 Å². The van der Waals surface area contributed by atoms with Gasteiger partial charge in [-0.2, -0.15) is 11.4 Å². The minimum Gasteiger partial charge on any atom is -0.468 e. The third-order valence-electron chi connectivity index (χ3n) is 3.21. The Morgan fingerprint density at radius 1 is 1.29 bits per heavy atom. The van der Waals surface area contributed by atoms with E-state index < -0.39 is 10.0 Å². The Morgan fingerprint density at radius 2 is 1.93 bits per heavy atom. The van der Waals surface area contributed by atoms with Crippen molar-refractivity contribution in [2.45, 2.75) is 25.3 Å². The zero-order valence-corrected chi connectivity index (χ0v) is 9.22. The lowest BCUT2D eigenvalue weighted by Gasteiger charge is -2.35. The molecule has 5 heteroatoms. The Hall–Kier alpha value is -0.130. The van der Waals surface area contributed by atoms with Crippen molar-refractivity contribution in [1.82, 2.24) is 4.31 Å². The van der Waals surface area contributed by atoms with Crippen molar-refractivity contribution in [3.05, 3.63) is 7.05 Å². The Kier molecular flexibility index (Phi) is 2.81. The van der Waals surface area contributed by atoms with Crippen LogP contribution in [0.2, 0.25) is 0 Å². The standard InChI is InChI=1S/C9H18N2O2S/c1-10-6-3-9(4-7-10)11-5-2-8-14(11,12)13/h9-10H,1-8H2. The van der Waals surface area contributed by atoms with Crippen LogP contribution >= 0.6 is 0 Å². The van der Waals surface area contributed by atoms with E-state index in [4.69, 9.17) is 0 Å². The molecule has 2 aliphatic rings. The molecule has 0 aliphatic carbocycles. The number of hydrogen-bond donors (Lipinski definition) is 1. The Bertz CT molecular complexity index is 294. The van der Waals surface area contributed by atoms with Gasteiger partial charge < -0.3 is 4.90 Å². The molecule has 0 aromatic rings. The fourth-order valence-electron chi connectivity index (χ4n) is 2.37. The van der Waals surface area contributed by atoms with Gasteiger partial charge in [0.1, 0.15) is 0 Å². The molecule has 0 bridgehead atoms. The van der Waals surface area contributed by atoms with Crippen molar-refractivity contribution in [1.29, 1.82) is 0 Å². The van der Waals surface area contributed by atoms with E-state index in [0.717, 1.165) is 38.9 Å². The second-order valence-electron chi connectivity index (χ2n) is 4.26. The normalized spacial score (nSPS) is 38.6. The molecule has 14 heavy (non-hydrogen) atoms. The van der Waals surface area contributed by atoms with Gasteiger partial charge >= 0.3 is 0 Å². The molecule has 2 heterocycles. The highest BCUT2D eigenvalue weighted by Gasteiger charge is 2.35. The number of piperidine rings is 1. The van der Waals surface area contributed by atoms with Gasteiger partial charge in [0.15, 0.2) is 0 Å². The number of nitrogens with zero attached hydrogens (tertiary/aromatic N) is 1. The second-order valence-corrected chi connectivity index (χ2v) is 6.30. The molecule has 2 rings (SSSR count). The quantitative estimate of drug-likeness (QED) is 0.565. The lowest BCUT2D eigenvalue weighted by molar-refractivity contribution is -0.859. The van der Waals surface area contributed by atoms with Crippen LogP contribution < -0.4 is 4.90 Å². The van der Waals surface area contributed by atoms with Crippen LogP contribution in [0, 0.1) is 7.05 Å².